The molecule has 0 aliphatic heterocycles. The highest BCUT2D eigenvalue weighted by Crippen LogP contribution is 2.28. The molecule has 0 saturated heterocycles. The van der Waals surface area contributed by atoms with Gasteiger partial charge in [0.25, 0.3) is 15.9 Å². The van der Waals surface area contributed by atoms with Crippen molar-refractivity contribution in [1.82, 2.24) is 5.43 Å². The predicted molar refractivity (Wildman–Crippen MR) is 132 cm³/mol. The first kappa shape index (κ1) is 24.0. The van der Waals surface area contributed by atoms with Crippen molar-refractivity contribution in [3.63, 3.8) is 0 Å². The molecule has 0 atom stereocenters. The zero-order chi connectivity index (χ0) is 23.3. The number of hydrogen-bond donors (Lipinski definition) is 1. The maximum atomic E-state index is 13.4. The van der Waals surface area contributed by atoms with Crippen LogP contribution in [-0.2, 0) is 14.8 Å². The Morgan fingerprint density at radius 1 is 1.06 bits per heavy atom. The van der Waals surface area contributed by atoms with Crippen LogP contribution >= 0.6 is 27.5 Å². The Morgan fingerprint density at radius 2 is 1.72 bits per heavy atom. The van der Waals surface area contributed by atoms with Crippen molar-refractivity contribution < 1.29 is 13.2 Å². The number of sulfonamides is 1. The van der Waals surface area contributed by atoms with Crippen LogP contribution in [0.2, 0.25) is 5.02 Å². The number of anilines is 1. The molecule has 3 aromatic carbocycles. The van der Waals surface area contributed by atoms with Crippen LogP contribution in [0, 0.1) is 13.8 Å². The molecule has 0 radical (unpaired) electrons. The normalized spacial score (nSPS) is 11.5. The number of hydrogen-bond acceptors (Lipinski definition) is 4. The minimum absolute atomic E-state index is 0.0750. The second-order valence-electron chi connectivity index (χ2n) is 7.10. The number of amides is 1. The molecular weight excluding hydrogens is 514 g/mol. The molecule has 0 fully saturated rings. The van der Waals surface area contributed by atoms with E-state index in [4.69, 9.17) is 11.6 Å². The second-order valence-corrected chi connectivity index (χ2v) is 10.3. The van der Waals surface area contributed by atoms with E-state index in [1.807, 2.05) is 38.1 Å². The van der Waals surface area contributed by atoms with Gasteiger partial charge in [-0.3, -0.25) is 9.10 Å². The maximum absolute atomic E-state index is 13.4. The average Bonchev–Trinajstić information content (AvgIpc) is 2.76. The van der Waals surface area contributed by atoms with Gasteiger partial charge in [0.05, 0.1) is 16.8 Å². The van der Waals surface area contributed by atoms with Crippen LogP contribution in [0.25, 0.3) is 0 Å². The Bertz CT molecular complexity index is 1240. The van der Waals surface area contributed by atoms with Gasteiger partial charge in [0, 0.05) is 9.50 Å². The first-order chi connectivity index (χ1) is 15.2. The summed E-state index contributed by atoms with van der Waals surface area (Å²) in [4.78, 5) is 12.7. The van der Waals surface area contributed by atoms with E-state index in [9.17, 15) is 13.2 Å². The van der Waals surface area contributed by atoms with Crippen molar-refractivity contribution in [3.05, 3.63) is 92.9 Å². The summed E-state index contributed by atoms with van der Waals surface area (Å²) in [5, 5.41) is 4.33. The summed E-state index contributed by atoms with van der Waals surface area (Å²) >= 11 is 9.58. The molecule has 0 aromatic heterocycles. The van der Waals surface area contributed by atoms with E-state index in [-0.39, 0.29) is 10.6 Å². The molecule has 166 valence electrons. The van der Waals surface area contributed by atoms with Crippen molar-refractivity contribution in [3.8, 4) is 0 Å². The number of benzene rings is 3. The SMILES string of the molecule is Cc1ccc(S(=O)(=O)N(CC(=O)N/N=C\c2ccc(Br)cc2)c2ccc(C)c(Cl)c2)cc1. The van der Waals surface area contributed by atoms with Crippen molar-refractivity contribution in [2.24, 2.45) is 5.10 Å². The van der Waals surface area contributed by atoms with Crippen LogP contribution in [0.3, 0.4) is 0 Å². The van der Waals surface area contributed by atoms with Gasteiger partial charge in [-0.05, 0) is 61.4 Å². The number of carbonyl (C=O) groups is 1. The molecule has 0 aliphatic carbocycles. The van der Waals surface area contributed by atoms with E-state index in [2.05, 4.69) is 26.5 Å². The highest BCUT2D eigenvalue weighted by molar-refractivity contribution is 9.10. The Labute approximate surface area is 201 Å². The summed E-state index contributed by atoms with van der Waals surface area (Å²) in [6.45, 7) is 3.21. The standard InChI is InChI=1S/C23H21BrClN3O3S/c1-16-3-11-21(12-4-16)32(30,31)28(20-10-5-17(2)22(25)13-20)15-23(29)27-26-14-18-6-8-19(24)9-7-18/h3-14H,15H2,1-2H3,(H,27,29)/b26-14-. The largest absolute Gasteiger partial charge is 0.271 e. The number of aryl methyl sites for hydroxylation is 2. The molecule has 0 aliphatic rings. The number of rotatable bonds is 7. The van der Waals surface area contributed by atoms with E-state index in [0.717, 1.165) is 25.5 Å². The summed E-state index contributed by atoms with van der Waals surface area (Å²) in [6, 6.07) is 18.6. The molecule has 6 nitrogen and oxygen atoms in total. The third-order valence-corrected chi connectivity index (χ3v) is 7.34. The van der Waals surface area contributed by atoms with Crippen LogP contribution < -0.4 is 9.73 Å². The van der Waals surface area contributed by atoms with Crippen LogP contribution in [0.5, 0.6) is 0 Å². The van der Waals surface area contributed by atoms with Crippen LogP contribution in [0.15, 0.2) is 81.2 Å². The molecule has 0 heterocycles. The molecule has 1 amide bonds. The third-order valence-electron chi connectivity index (χ3n) is 4.61. The minimum atomic E-state index is -4.02. The van der Waals surface area contributed by atoms with Crippen LogP contribution in [0.4, 0.5) is 5.69 Å². The van der Waals surface area contributed by atoms with E-state index in [1.165, 1.54) is 24.4 Å². The van der Waals surface area contributed by atoms with E-state index < -0.39 is 22.5 Å². The van der Waals surface area contributed by atoms with Gasteiger partial charge in [0.15, 0.2) is 0 Å². The van der Waals surface area contributed by atoms with Gasteiger partial charge in [0.2, 0.25) is 0 Å². The lowest BCUT2D eigenvalue weighted by Gasteiger charge is -2.24. The van der Waals surface area contributed by atoms with E-state index >= 15 is 0 Å². The van der Waals surface area contributed by atoms with Gasteiger partial charge in [-0.1, -0.05) is 63.4 Å². The van der Waals surface area contributed by atoms with Crippen LogP contribution in [0.1, 0.15) is 16.7 Å². The molecule has 0 unspecified atom stereocenters. The average molecular weight is 535 g/mol. The molecule has 1 N–H and O–H groups in total. The lowest BCUT2D eigenvalue weighted by molar-refractivity contribution is -0.119. The highest BCUT2D eigenvalue weighted by atomic mass is 79.9. The Kier molecular flexibility index (Phi) is 7.71. The van der Waals surface area contributed by atoms with Crippen LogP contribution in [-0.4, -0.2) is 27.1 Å². The molecule has 32 heavy (non-hydrogen) atoms. The highest BCUT2D eigenvalue weighted by Gasteiger charge is 2.27. The van der Waals surface area contributed by atoms with Gasteiger partial charge in [-0.15, -0.1) is 0 Å². The van der Waals surface area contributed by atoms with Gasteiger partial charge in [0.1, 0.15) is 6.54 Å². The summed E-state index contributed by atoms with van der Waals surface area (Å²) in [5.74, 6) is -0.592. The van der Waals surface area contributed by atoms with Gasteiger partial charge in [-0.2, -0.15) is 5.10 Å². The number of hydrazone groups is 1. The monoisotopic (exact) mass is 533 g/mol. The number of nitrogens with zero attached hydrogens (tertiary/aromatic N) is 2. The fourth-order valence-corrected chi connectivity index (χ4v) is 4.63. The lowest BCUT2D eigenvalue weighted by Crippen LogP contribution is -2.39. The Balaban J connectivity index is 1.86. The maximum Gasteiger partial charge on any atom is 0.264 e. The predicted octanol–water partition coefficient (Wildman–Crippen LogP) is 5.06. The first-order valence-electron chi connectivity index (χ1n) is 9.60. The molecule has 3 rings (SSSR count). The van der Waals surface area contributed by atoms with Gasteiger partial charge >= 0.3 is 0 Å². The number of nitrogens with one attached hydrogen (secondary N) is 1. The molecular formula is C23H21BrClN3O3S. The summed E-state index contributed by atoms with van der Waals surface area (Å²) in [6.07, 6.45) is 1.48. The van der Waals surface area contributed by atoms with E-state index in [0.29, 0.717) is 5.02 Å². The summed E-state index contributed by atoms with van der Waals surface area (Å²) < 4.78 is 28.7. The third kappa shape index (κ3) is 5.97. The molecule has 0 bridgehead atoms. The molecule has 9 heteroatoms. The van der Waals surface area contributed by atoms with Gasteiger partial charge < -0.3 is 0 Å². The Hall–Kier alpha value is -2.68. The summed E-state index contributed by atoms with van der Waals surface area (Å²) in [5.41, 5.74) is 5.17. The number of halogens is 2. The number of carbonyl (C=O) groups excluding carboxylic acids is 1. The molecule has 3 aromatic rings. The van der Waals surface area contributed by atoms with Crippen molar-refractivity contribution in [2.75, 3.05) is 10.8 Å². The zero-order valence-electron chi connectivity index (χ0n) is 17.4. The Morgan fingerprint density at radius 3 is 2.34 bits per heavy atom. The fraction of sp³-hybridized carbons (Fsp3) is 0.130. The smallest absolute Gasteiger partial charge is 0.264 e. The van der Waals surface area contributed by atoms with Gasteiger partial charge in [-0.25, -0.2) is 13.8 Å². The van der Waals surface area contributed by atoms with Crippen molar-refractivity contribution in [1.29, 1.82) is 0 Å². The fourth-order valence-electron chi connectivity index (χ4n) is 2.78. The minimum Gasteiger partial charge on any atom is -0.271 e. The lowest BCUT2D eigenvalue weighted by atomic mass is 10.2. The molecule has 0 saturated carbocycles. The topological polar surface area (TPSA) is 78.8 Å². The van der Waals surface area contributed by atoms with E-state index in [1.54, 1.807) is 24.3 Å². The zero-order valence-corrected chi connectivity index (χ0v) is 20.6. The van der Waals surface area contributed by atoms with Crippen molar-refractivity contribution >= 4 is 55.4 Å². The first-order valence-corrected chi connectivity index (χ1v) is 12.2. The molecule has 0 spiro atoms. The quantitative estimate of drug-likeness (QED) is 0.340. The summed E-state index contributed by atoms with van der Waals surface area (Å²) in [7, 11) is -4.02. The second kappa shape index (κ2) is 10.3. The van der Waals surface area contributed by atoms with Crippen molar-refractivity contribution in [2.45, 2.75) is 18.7 Å².